The monoisotopic (exact) mass is 206 g/mol. The molecule has 0 bridgehead atoms. The molecule has 0 aromatic heterocycles. The largest absolute Gasteiger partial charge is 0.494 e. The topological polar surface area (TPSA) is 41.6 Å². The third-order valence-corrected chi connectivity index (χ3v) is 2.26. The van der Waals surface area contributed by atoms with E-state index in [0.717, 1.165) is 11.4 Å². The van der Waals surface area contributed by atoms with E-state index in [9.17, 15) is 4.79 Å². The molecule has 2 rings (SSSR count). The fourth-order valence-corrected chi connectivity index (χ4v) is 1.58. The summed E-state index contributed by atoms with van der Waals surface area (Å²) in [5.41, 5.74) is 3.74. The van der Waals surface area contributed by atoms with Crippen LogP contribution in [0.25, 0.3) is 0 Å². The molecule has 1 heterocycles. The Labute approximate surface area is 88.8 Å². The Balaban J connectivity index is 2.14. The van der Waals surface area contributed by atoms with Gasteiger partial charge in [0, 0.05) is 19.0 Å². The number of hydrogen-bond donors (Lipinski definition) is 1. The van der Waals surface area contributed by atoms with Gasteiger partial charge in [0.25, 0.3) is 0 Å². The third-order valence-electron chi connectivity index (χ3n) is 2.26. The molecule has 1 amide bonds. The summed E-state index contributed by atoms with van der Waals surface area (Å²) in [6.07, 6.45) is 0.554. The SMILES string of the molecule is CCOc1cccc(N2CCC(=O)N2)c1. The van der Waals surface area contributed by atoms with Gasteiger partial charge in [-0.1, -0.05) is 6.07 Å². The third kappa shape index (κ3) is 2.21. The zero-order valence-electron chi connectivity index (χ0n) is 8.69. The van der Waals surface area contributed by atoms with Gasteiger partial charge in [-0.05, 0) is 19.1 Å². The van der Waals surface area contributed by atoms with Crippen molar-refractivity contribution in [1.29, 1.82) is 0 Å². The number of carbonyl (C=O) groups excluding carboxylic acids is 1. The minimum absolute atomic E-state index is 0.0665. The zero-order valence-corrected chi connectivity index (χ0v) is 8.69. The molecule has 0 spiro atoms. The van der Waals surface area contributed by atoms with Gasteiger partial charge in [-0.2, -0.15) is 0 Å². The molecular weight excluding hydrogens is 192 g/mol. The van der Waals surface area contributed by atoms with Crippen molar-refractivity contribution in [2.24, 2.45) is 0 Å². The minimum Gasteiger partial charge on any atom is -0.494 e. The summed E-state index contributed by atoms with van der Waals surface area (Å²) in [6, 6.07) is 7.71. The van der Waals surface area contributed by atoms with Crippen LogP contribution in [0.1, 0.15) is 13.3 Å². The Morgan fingerprint density at radius 2 is 2.40 bits per heavy atom. The van der Waals surface area contributed by atoms with Crippen LogP contribution in [0.15, 0.2) is 24.3 Å². The van der Waals surface area contributed by atoms with E-state index in [0.29, 0.717) is 19.6 Å². The van der Waals surface area contributed by atoms with Gasteiger partial charge in [0.15, 0.2) is 0 Å². The molecule has 1 fully saturated rings. The minimum atomic E-state index is 0.0665. The molecular formula is C11H14N2O2. The number of nitrogens with one attached hydrogen (secondary N) is 1. The first kappa shape index (κ1) is 9.83. The van der Waals surface area contributed by atoms with E-state index in [1.165, 1.54) is 0 Å². The Morgan fingerprint density at radius 3 is 3.07 bits per heavy atom. The van der Waals surface area contributed by atoms with Crippen molar-refractivity contribution in [1.82, 2.24) is 5.43 Å². The van der Waals surface area contributed by atoms with Gasteiger partial charge in [0.1, 0.15) is 5.75 Å². The summed E-state index contributed by atoms with van der Waals surface area (Å²) in [5, 5.41) is 1.84. The molecule has 0 saturated carbocycles. The van der Waals surface area contributed by atoms with Crippen molar-refractivity contribution in [3.63, 3.8) is 0 Å². The molecule has 1 aliphatic rings. The van der Waals surface area contributed by atoms with Gasteiger partial charge in [-0.15, -0.1) is 0 Å². The Morgan fingerprint density at radius 1 is 1.53 bits per heavy atom. The van der Waals surface area contributed by atoms with Crippen molar-refractivity contribution < 1.29 is 9.53 Å². The van der Waals surface area contributed by atoms with Gasteiger partial charge in [-0.3, -0.25) is 15.2 Å². The highest BCUT2D eigenvalue weighted by atomic mass is 16.5. The number of anilines is 1. The van der Waals surface area contributed by atoms with Gasteiger partial charge in [0.2, 0.25) is 5.91 Å². The summed E-state index contributed by atoms with van der Waals surface area (Å²) in [6.45, 7) is 3.31. The molecule has 4 heteroatoms. The van der Waals surface area contributed by atoms with Crippen LogP contribution in [-0.2, 0) is 4.79 Å². The van der Waals surface area contributed by atoms with E-state index in [4.69, 9.17) is 4.74 Å². The van der Waals surface area contributed by atoms with E-state index in [-0.39, 0.29) is 5.91 Å². The number of nitrogens with zero attached hydrogens (tertiary/aromatic N) is 1. The maximum absolute atomic E-state index is 11.1. The van der Waals surface area contributed by atoms with Crippen LogP contribution in [0.3, 0.4) is 0 Å². The molecule has 1 aromatic rings. The fraction of sp³-hybridized carbons (Fsp3) is 0.364. The number of carbonyl (C=O) groups is 1. The van der Waals surface area contributed by atoms with Gasteiger partial charge in [0.05, 0.1) is 12.3 Å². The van der Waals surface area contributed by atoms with Gasteiger partial charge in [-0.25, -0.2) is 0 Å². The van der Waals surface area contributed by atoms with Crippen molar-refractivity contribution >= 4 is 11.6 Å². The highest BCUT2D eigenvalue weighted by Crippen LogP contribution is 2.21. The average molecular weight is 206 g/mol. The number of hydrogen-bond acceptors (Lipinski definition) is 3. The highest BCUT2D eigenvalue weighted by molar-refractivity contribution is 5.81. The van der Waals surface area contributed by atoms with Crippen LogP contribution in [-0.4, -0.2) is 19.1 Å². The summed E-state index contributed by atoms with van der Waals surface area (Å²) in [5.74, 6) is 0.896. The second-order valence-electron chi connectivity index (χ2n) is 3.37. The zero-order chi connectivity index (χ0) is 10.7. The smallest absolute Gasteiger partial charge is 0.240 e. The molecule has 4 nitrogen and oxygen atoms in total. The molecule has 15 heavy (non-hydrogen) atoms. The summed E-state index contributed by atoms with van der Waals surface area (Å²) in [4.78, 5) is 11.1. The van der Waals surface area contributed by atoms with Crippen LogP contribution in [0.5, 0.6) is 5.75 Å². The van der Waals surface area contributed by atoms with E-state index >= 15 is 0 Å². The second-order valence-corrected chi connectivity index (χ2v) is 3.37. The Bertz CT molecular complexity index is 365. The van der Waals surface area contributed by atoms with Crippen molar-refractivity contribution in [2.45, 2.75) is 13.3 Å². The molecule has 0 radical (unpaired) electrons. The molecule has 0 atom stereocenters. The molecule has 1 aliphatic heterocycles. The number of benzene rings is 1. The quantitative estimate of drug-likeness (QED) is 0.811. The van der Waals surface area contributed by atoms with Crippen LogP contribution in [0, 0.1) is 0 Å². The first-order valence-corrected chi connectivity index (χ1v) is 5.09. The maximum atomic E-state index is 11.1. The Kier molecular flexibility index (Phi) is 2.76. The van der Waals surface area contributed by atoms with E-state index in [1.807, 2.05) is 36.2 Å². The number of ether oxygens (including phenoxy) is 1. The number of amides is 1. The fourth-order valence-electron chi connectivity index (χ4n) is 1.58. The molecule has 1 aromatic carbocycles. The van der Waals surface area contributed by atoms with Gasteiger partial charge >= 0.3 is 0 Å². The molecule has 1 saturated heterocycles. The lowest BCUT2D eigenvalue weighted by Crippen LogP contribution is -2.32. The highest BCUT2D eigenvalue weighted by Gasteiger charge is 2.18. The Hall–Kier alpha value is -1.71. The normalized spacial score (nSPS) is 15.3. The first-order valence-electron chi connectivity index (χ1n) is 5.09. The lowest BCUT2D eigenvalue weighted by molar-refractivity contribution is -0.119. The first-order chi connectivity index (χ1) is 7.29. The summed E-state index contributed by atoms with van der Waals surface area (Å²) >= 11 is 0. The number of hydrazine groups is 1. The summed E-state index contributed by atoms with van der Waals surface area (Å²) < 4.78 is 5.39. The van der Waals surface area contributed by atoms with Crippen LogP contribution in [0.4, 0.5) is 5.69 Å². The predicted octanol–water partition coefficient (Wildman–Crippen LogP) is 1.33. The molecule has 80 valence electrons. The van der Waals surface area contributed by atoms with Crippen LogP contribution < -0.4 is 15.2 Å². The van der Waals surface area contributed by atoms with Crippen LogP contribution in [0.2, 0.25) is 0 Å². The molecule has 0 aliphatic carbocycles. The lowest BCUT2D eigenvalue weighted by Gasteiger charge is -2.17. The van der Waals surface area contributed by atoms with E-state index in [2.05, 4.69) is 5.43 Å². The average Bonchev–Trinajstić information content (AvgIpc) is 2.66. The van der Waals surface area contributed by atoms with Crippen molar-refractivity contribution in [3.8, 4) is 5.75 Å². The number of rotatable bonds is 3. The predicted molar refractivity (Wildman–Crippen MR) is 57.7 cm³/mol. The van der Waals surface area contributed by atoms with E-state index < -0.39 is 0 Å². The maximum Gasteiger partial charge on any atom is 0.240 e. The summed E-state index contributed by atoms with van der Waals surface area (Å²) in [7, 11) is 0. The van der Waals surface area contributed by atoms with Crippen molar-refractivity contribution in [3.05, 3.63) is 24.3 Å². The second kappa shape index (κ2) is 4.21. The van der Waals surface area contributed by atoms with Gasteiger partial charge < -0.3 is 4.74 Å². The molecule has 0 unspecified atom stereocenters. The van der Waals surface area contributed by atoms with E-state index in [1.54, 1.807) is 0 Å². The molecule has 1 N–H and O–H groups in total. The lowest BCUT2D eigenvalue weighted by atomic mass is 10.3. The van der Waals surface area contributed by atoms with Crippen molar-refractivity contribution in [2.75, 3.05) is 18.2 Å². The van der Waals surface area contributed by atoms with Crippen LogP contribution >= 0.6 is 0 Å². The standard InChI is InChI=1S/C11H14N2O2/c1-2-15-10-5-3-4-9(8-10)13-7-6-11(14)12-13/h3-5,8H,2,6-7H2,1H3,(H,12,14).